The molecule has 24 heavy (non-hydrogen) atoms. The number of piperidine rings is 1. The molecule has 3 rings (SSSR count). The molecule has 1 N–H and O–H groups in total. The quantitative estimate of drug-likeness (QED) is 0.464. The number of benzene rings is 1. The number of amides is 4. The van der Waals surface area contributed by atoms with Gasteiger partial charge in [-0.15, -0.1) is 0 Å². The number of ether oxygens (including phenoxy) is 1. The first-order chi connectivity index (χ1) is 11.5. The van der Waals surface area contributed by atoms with Crippen molar-refractivity contribution in [3.05, 3.63) is 29.3 Å². The molecule has 0 aromatic heterocycles. The molecule has 0 saturated carbocycles. The number of hydrogen-bond donors (Lipinski definition) is 1. The molecule has 0 aliphatic carbocycles. The lowest BCUT2D eigenvalue weighted by atomic mass is 10.0. The smallest absolute Gasteiger partial charge is 0.266 e. The molecule has 1 unspecified atom stereocenters. The predicted octanol–water partition coefficient (Wildman–Crippen LogP) is 0.0556. The number of hydrogen-bond acceptors (Lipinski definition) is 6. The molecule has 1 atom stereocenters. The van der Waals surface area contributed by atoms with Gasteiger partial charge in [0.15, 0.2) is 0 Å². The molecule has 124 valence electrons. The van der Waals surface area contributed by atoms with Crippen molar-refractivity contribution >= 4 is 29.9 Å². The summed E-state index contributed by atoms with van der Waals surface area (Å²) in [6, 6.07) is 3.56. The van der Waals surface area contributed by atoms with Gasteiger partial charge in [0.1, 0.15) is 18.1 Å². The van der Waals surface area contributed by atoms with Crippen molar-refractivity contribution in [3.8, 4) is 5.75 Å². The first kappa shape index (κ1) is 15.9. The first-order valence-electron chi connectivity index (χ1n) is 7.45. The lowest BCUT2D eigenvalue weighted by Gasteiger charge is -2.27. The Kier molecular flexibility index (Phi) is 4.11. The van der Waals surface area contributed by atoms with E-state index >= 15 is 0 Å². The van der Waals surface area contributed by atoms with Gasteiger partial charge in [-0.1, -0.05) is 6.07 Å². The Hall–Kier alpha value is -3.03. The van der Waals surface area contributed by atoms with Crippen LogP contribution in [0.25, 0.3) is 0 Å². The van der Waals surface area contributed by atoms with Crippen LogP contribution in [0.5, 0.6) is 5.75 Å². The zero-order valence-corrected chi connectivity index (χ0v) is 12.6. The number of nitrogens with zero attached hydrogens (tertiary/aromatic N) is 1. The number of nitrogens with one attached hydrogen (secondary N) is 1. The van der Waals surface area contributed by atoms with Gasteiger partial charge < -0.3 is 9.53 Å². The van der Waals surface area contributed by atoms with Crippen molar-refractivity contribution in [3.63, 3.8) is 0 Å². The van der Waals surface area contributed by atoms with Crippen LogP contribution in [-0.2, 0) is 14.4 Å². The Labute approximate surface area is 136 Å². The van der Waals surface area contributed by atoms with Gasteiger partial charge in [0.25, 0.3) is 11.8 Å². The molecule has 4 amide bonds. The summed E-state index contributed by atoms with van der Waals surface area (Å²) in [7, 11) is 0. The second-order valence-electron chi connectivity index (χ2n) is 5.43. The molecule has 2 aliphatic rings. The Morgan fingerprint density at radius 3 is 2.71 bits per heavy atom. The van der Waals surface area contributed by atoms with Crippen LogP contribution in [0.2, 0.25) is 0 Å². The standard InChI is InChI=1S/C16H14N2O6/c19-7-2-8-24-11-4-1-3-9-13(11)16(23)18(15(9)22)10-5-6-12(20)17-14(10)21/h1,3-4,7,10H,2,5-6,8H2,(H,17,20,21). The monoisotopic (exact) mass is 330 g/mol. The van der Waals surface area contributed by atoms with Crippen molar-refractivity contribution in [1.82, 2.24) is 10.2 Å². The van der Waals surface area contributed by atoms with Crippen LogP contribution in [0.3, 0.4) is 0 Å². The normalized spacial score (nSPS) is 20.0. The second-order valence-corrected chi connectivity index (χ2v) is 5.43. The highest BCUT2D eigenvalue weighted by Crippen LogP contribution is 2.33. The molecule has 1 fully saturated rings. The van der Waals surface area contributed by atoms with E-state index < -0.39 is 29.7 Å². The summed E-state index contributed by atoms with van der Waals surface area (Å²) in [6.45, 7) is 0.0832. The zero-order valence-electron chi connectivity index (χ0n) is 12.6. The molecule has 0 spiro atoms. The predicted molar refractivity (Wildman–Crippen MR) is 79.3 cm³/mol. The van der Waals surface area contributed by atoms with E-state index in [1.54, 1.807) is 6.07 Å². The second kappa shape index (κ2) is 6.23. The molecule has 1 aromatic rings. The topological polar surface area (TPSA) is 110 Å². The highest BCUT2D eigenvalue weighted by Gasteiger charge is 2.45. The van der Waals surface area contributed by atoms with Crippen molar-refractivity contribution in [2.75, 3.05) is 6.61 Å². The van der Waals surface area contributed by atoms with Gasteiger partial charge in [-0.2, -0.15) is 0 Å². The summed E-state index contributed by atoms with van der Waals surface area (Å²) in [4.78, 5) is 59.7. The zero-order chi connectivity index (χ0) is 17.3. The molecule has 2 heterocycles. The summed E-state index contributed by atoms with van der Waals surface area (Å²) in [6.07, 6.45) is 0.998. The molecular weight excluding hydrogens is 316 g/mol. The van der Waals surface area contributed by atoms with E-state index in [1.807, 2.05) is 0 Å². The van der Waals surface area contributed by atoms with Crippen LogP contribution >= 0.6 is 0 Å². The van der Waals surface area contributed by atoms with E-state index in [4.69, 9.17) is 4.74 Å². The maximum Gasteiger partial charge on any atom is 0.266 e. The lowest BCUT2D eigenvalue weighted by molar-refractivity contribution is -0.136. The molecular formula is C16H14N2O6. The number of fused-ring (bicyclic) bond motifs is 1. The van der Waals surface area contributed by atoms with E-state index in [0.29, 0.717) is 6.29 Å². The number of aldehydes is 1. The summed E-state index contributed by atoms with van der Waals surface area (Å²) in [5.41, 5.74) is 0.228. The maximum atomic E-state index is 12.7. The van der Waals surface area contributed by atoms with Gasteiger partial charge in [-0.05, 0) is 18.6 Å². The van der Waals surface area contributed by atoms with Gasteiger partial charge in [0.2, 0.25) is 11.8 Å². The molecule has 0 bridgehead atoms. The van der Waals surface area contributed by atoms with E-state index in [0.717, 1.165) is 4.90 Å². The lowest BCUT2D eigenvalue weighted by Crippen LogP contribution is -2.54. The summed E-state index contributed by atoms with van der Waals surface area (Å²) in [5.74, 6) is -2.12. The van der Waals surface area contributed by atoms with Crippen LogP contribution in [0, 0.1) is 0 Å². The largest absolute Gasteiger partial charge is 0.492 e. The van der Waals surface area contributed by atoms with Gasteiger partial charge in [-0.3, -0.25) is 29.4 Å². The van der Waals surface area contributed by atoms with Gasteiger partial charge in [-0.25, -0.2) is 0 Å². The summed E-state index contributed by atoms with van der Waals surface area (Å²) < 4.78 is 5.40. The fourth-order valence-electron chi connectivity index (χ4n) is 2.82. The highest BCUT2D eigenvalue weighted by atomic mass is 16.5. The molecule has 8 heteroatoms. The minimum atomic E-state index is -1.02. The first-order valence-corrected chi connectivity index (χ1v) is 7.45. The Morgan fingerprint density at radius 2 is 2.00 bits per heavy atom. The minimum absolute atomic E-state index is 0.0620. The number of rotatable bonds is 5. The number of carbonyl (C=O) groups excluding carboxylic acids is 5. The maximum absolute atomic E-state index is 12.7. The highest BCUT2D eigenvalue weighted by molar-refractivity contribution is 6.24. The van der Waals surface area contributed by atoms with E-state index in [9.17, 15) is 24.0 Å². The van der Waals surface area contributed by atoms with Crippen LogP contribution in [0.4, 0.5) is 0 Å². The van der Waals surface area contributed by atoms with Crippen molar-refractivity contribution in [1.29, 1.82) is 0 Å². The molecule has 2 aliphatic heterocycles. The molecule has 8 nitrogen and oxygen atoms in total. The Morgan fingerprint density at radius 1 is 1.21 bits per heavy atom. The third kappa shape index (κ3) is 2.55. The van der Waals surface area contributed by atoms with Crippen molar-refractivity contribution in [2.24, 2.45) is 0 Å². The van der Waals surface area contributed by atoms with Crippen LogP contribution < -0.4 is 10.1 Å². The Bertz CT molecular complexity index is 757. The van der Waals surface area contributed by atoms with Crippen molar-refractivity contribution < 1.29 is 28.7 Å². The average Bonchev–Trinajstić information content (AvgIpc) is 2.81. The third-order valence-corrected chi connectivity index (χ3v) is 3.92. The van der Waals surface area contributed by atoms with Crippen molar-refractivity contribution in [2.45, 2.75) is 25.3 Å². The third-order valence-electron chi connectivity index (χ3n) is 3.92. The van der Waals surface area contributed by atoms with E-state index in [2.05, 4.69) is 5.32 Å². The minimum Gasteiger partial charge on any atom is -0.492 e. The Balaban J connectivity index is 1.91. The van der Waals surface area contributed by atoms with Crippen LogP contribution in [0.1, 0.15) is 40.0 Å². The summed E-state index contributed by atoms with van der Waals surface area (Å²) in [5, 5.41) is 2.14. The molecule has 1 saturated heterocycles. The number of imide groups is 2. The van der Waals surface area contributed by atoms with Gasteiger partial charge in [0, 0.05) is 12.8 Å². The fraction of sp³-hybridized carbons (Fsp3) is 0.312. The van der Waals surface area contributed by atoms with Crippen LogP contribution in [0.15, 0.2) is 18.2 Å². The van der Waals surface area contributed by atoms with Crippen LogP contribution in [-0.4, -0.2) is 47.5 Å². The molecule has 0 radical (unpaired) electrons. The summed E-state index contributed by atoms with van der Waals surface area (Å²) >= 11 is 0. The van der Waals surface area contributed by atoms with Gasteiger partial charge in [0.05, 0.1) is 17.7 Å². The van der Waals surface area contributed by atoms with E-state index in [-0.39, 0.29) is 42.7 Å². The van der Waals surface area contributed by atoms with E-state index in [1.165, 1.54) is 12.1 Å². The average molecular weight is 330 g/mol. The van der Waals surface area contributed by atoms with Gasteiger partial charge >= 0.3 is 0 Å². The molecule has 1 aromatic carbocycles. The fourth-order valence-corrected chi connectivity index (χ4v) is 2.82. The number of carbonyl (C=O) groups is 5. The SMILES string of the molecule is O=CCCOc1cccc2c1C(=O)N(C1CCC(=O)NC1=O)C2=O.